The van der Waals surface area contributed by atoms with Crippen molar-refractivity contribution in [1.29, 1.82) is 0 Å². The third-order valence-corrected chi connectivity index (χ3v) is 8.47. The number of nitrogens with zero attached hydrogens (tertiary/aromatic N) is 1. The van der Waals surface area contributed by atoms with Crippen LogP contribution in [-0.4, -0.2) is 60.1 Å². The average molecular weight is 577 g/mol. The summed E-state index contributed by atoms with van der Waals surface area (Å²) in [6.45, 7) is 4.70. The minimum absolute atomic E-state index is 0.0646. The maximum absolute atomic E-state index is 13.7. The summed E-state index contributed by atoms with van der Waals surface area (Å²) in [5.41, 5.74) is 3.24. The smallest absolute Gasteiger partial charge is 0.251 e. The van der Waals surface area contributed by atoms with Gasteiger partial charge in [-0.1, -0.05) is 62.9 Å². The normalized spacial score (nSPS) is 18.3. The summed E-state index contributed by atoms with van der Waals surface area (Å²) < 4.78 is 0. The number of nitrogens with one attached hydrogen (secondary N) is 3. The second-order valence-corrected chi connectivity index (χ2v) is 12.0. The Morgan fingerprint density at radius 1 is 1.00 bits per heavy atom. The lowest BCUT2D eigenvalue weighted by Gasteiger charge is -2.29. The maximum atomic E-state index is 13.7. The lowest BCUT2D eigenvalue weighted by Crippen LogP contribution is -2.53. The van der Waals surface area contributed by atoms with Crippen molar-refractivity contribution >= 4 is 23.4 Å². The molecule has 2 aromatic rings. The quantitative estimate of drug-likeness (QED) is 0.285. The molecule has 0 aromatic heterocycles. The molecular formula is C34H48N4O4. The van der Waals surface area contributed by atoms with Gasteiger partial charge in [0.15, 0.2) is 0 Å². The van der Waals surface area contributed by atoms with Gasteiger partial charge in [-0.05, 0) is 74.8 Å². The van der Waals surface area contributed by atoms with Crippen molar-refractivity contribution in [2.45, 2.75) is 109 Å². The summed E-state index contributed by atoms with van der Waals surface area (Å²) in [5, 5.41) is 20.7. The number of amides is 3. The highest BCUT2D eigenvalue weighted by molar-refractivity contribution is 5.99. The highest BCUT2D eigenvalue weighted by Gasteiger charge is 2.26. The number of rotatable bonds is 13. The van der Waals surface area contributed by atoms with Gasteiger partial charge in [-0.3, -0.25) is 14.4 Å². The molecule has 0 bridgehead atoms. The van der Waals surface area contributed by atoms with Gasteiger partial charge in [0.25, 0.3) is 5.91 Å². The van der Waals surface area contributed by atoms with Crippen LogP contribution in [0.25, 0.3) is 0 Å². The van der Waals surface area contributed by atoms with Crippen LogP contribution in [0.4, 0.5) is 5.69 Å². The standard InChI is InChI=1S/C34H48N4O4/c1-3-12-26-19-27(22-29(20-26)38-18-11-10-17-32(38)40)34(42)37-30(21-25-13-6-4-7-14-25)31(39)23-35-24(2)33(41)36-28-15-8-5-9-16-28/h4,6-7,13-14,19-20,22,24,28,30-31,35,39H,3,5,8-12,15-18,21,23H2,1-2H3,(H,36,41)(H,37,42)/t24-,30-,31-/m0/s1. The summed E-state index contributed by atoms with van der Waals surface area (Å²) in [6, 6.07) is 14.6. The Bertz CT molecular complexity index is 1180. The van der Waals surface area contributed by atoms with Gasteiger partial charge in [0, 0.05) is 36.8 Å². The van der Waals surface area contributed by atoms with Crippen molar-refractivity contribution < 1.29 is 19.5 Å². The van der Waals surface area contributed by atoms with Gasteiger partial charge >= 0.3 is 0 Å². The number of benzene rings is 2. The first-order valence-electron chi connectivity index (χ1n) is 15.8. The molecule has 2 aliphatic rings. The van der Waals surface area contributed by atoms with E-state index < -0.39 is 18.2 Å². The molecule has 4 rings (SSSR count). The van der Waals surface area contributed by atoms with E-state index in [0.29, 0.717) is 24.9 Å². The van der Waals surface area contributed by atoms with E-state index in [4.69, 9.17) is 0 Å². The van der Waals surface area contributed by atoms with Crippen LogP contribution in [0, 0.1) is 0 Å². The summed E-state index contributed by atoms with van der Waals surface area (Å²) in [6.07, 6.45) is 9.13. The van der Waals surface area contributed by atoms with E-state index in [2.05, 4.69) is 22.9 Å². The molecule has 42 heavy (non-hydrogen) atoms. The Balaban J connectivity index is 1.46. The number of aliphatic hydroxyl groups is 1. The molecule has 2 aromatic carbocycles. The Hall–Kier alpha value is -3.23. The predicted molar refractivity (Wildman–Crippen MR) is 167 cm³/mol. The Labute approximate surface area is 250 Å². The molecule has 3 atom stereocenters. The third-order valence-electron chi connectivity index (χ3n) is 8.47. The highest BCUT2D eigenvalue weighted by atomic mass is 16.3. The molecule has 1 aliphatic heterocycles. The molecule has 228 valence electrons. The zero-order chi connectivity index (χ0) is 29.9. The van der Waals surface area contributed by atoms with E-state index in [9.17, 15) is 19.5 Å². The molecule has 0 radical (unpaired) electrons. The number of piperidine rings is 1. The number of carbonyl (C=O) groups excluding carboxylic acids is 3. The molecule has 1 aliphatic carbocycles. The maximum Gasteiger partial charge on any atom is 0.251 e. The second-order valence-electron chi connectivity index (χ2n) is 12.0. The Kier molecular flexibility index (Phi) is 12.0. The average Bonchev–Trinajstić information content (AvgIpc) is 3.00. The van der Waals surface area contributed by atoms with Gasteiger partial charge in [0.1, 0.15) is 0 Å². The molecule has 3 amide bonds. The summed E-state index contributed by atoms with van der Waals surface area (Å²) in [4.78, 5) is 40.9. The lowest BCUT2D eigenvalue weighted by molar-refractivity contribution is -0.123. The fourth-order valence-corrected chi connectivity index (χ4v) is 5.98. The monoisotopic (exact) mass is 576 g/mol. The molecule has 1 saturated carbocycles. The topological polar surface area (TPSA) is 111 Å². The van der Waals surface area contributed by atoms with Crippen LogP contribution in [0.3, 0.4) is 0 Å². The zero-order valence-corrected chi connectivity index (χ0v) is 25.2. The van der Waals surface area contributed by atoms with Gasteiger partial charge in [-0.15, -0.1) is 0 Å². The van der Waals surface area contributed by atoms with Gasteiger partial charge in [0.2, 0.25) is 11.8 Å². The van der Waals surface area contributed by atoms with Crippen molar-refractivity contribution in [3.63, 3.8) is 0 Å². The van der Waals surface area contributed by atoms with E-state index in [-0.39, 0.29) is 30.3 Å². The number of carbonyl (C=O) groups is 3. The number of aliphatic hydroxyl groups excluding tert-OH is 1. The van der Waals surface area contributed by atoms with Crippen LogP contribution in [0.5, 0.6) is 0 Å². The molecule has 8 heteroatoms. The SMILES string of the molecule is CCCc1cc(C(=O)N[C@@H](Cc2ccccc2)[C@@H](O)CN[C@@H](C)C(=O)NC2CCCCC2)cc(N2CCCCC2=O)c1. The summed E-state index contributed by atoms with van der Waals surface area (Å²) >= 11 is 0. The van der Waals surface area contributed by atoms with E-state index >= 15 is 0 Å². The predicted octanol–water partition coefficient (Wildman–Crippen LogP) is 4.29. The minimum Gasteiger partial charge on any atom is -0.390 e. The van der Waals surface area contributed by atoms with Crippen molar-refractivity contribution in [3.8, 4) is 0 Å². The van der Waals surface area contributed by atoms with Gasteiger partial charge in [-0.25, -0.2) is 0 Å². The van der Waals surface area contributed by atoms with Crippen LogP contribution in [-0.2, 0) is 22.4 Å². The fourth-order valence-electron chi connectivity index (χ4n) is 5.98. The third kappa shape index (κ3) is 9.13. The van der Waals surface area contributed by atoms with Crippen molar-refractivity contribution in [3.05, 3.63) is 65.2 Å². The van der Waals surface area contributed by atoms with Crippen molar-refractivity contribution in [1.82, 2.24) is 16.0 Å². The first-order valence-corrected chi connectivity index (χ1v) is 15.8. The van der Waals surface area contributed by atoms with E-state index in [1.807, 2.05) is 42.5 Å². The number of anilines is 1. The van der Waals surface area contributed by atoms with Crippen LogP contribution >= 0.6 is 0 Å². The lowest BCUT2D eigenvalue weighted by atomic mass is 9.95. The number of hydrogen-bond donors (Lipinski definition) is 4. The molecule has 0 unspecified atom stereocenters. The first kappa shape index (κ1) is 31.7. The largest absolute Gasteiger partial charge is 0.390 e. The summed E-state index contributed by atoms with van der Waals surface area (Å²) in [7, 11) is 0. The van der Waals surface area contributed by atoms with Crippen LogP contribution in [0.1, 0.15) is 93.1 Å². The fraction of sp³-hybridized carbons (Fsp3) is 0.559. The summed E-state index contributed by atoms with van der Waals surface area (Å²) in [5.74, 6) is -0.265. The number of aryl methyl sites for hydroxylation is 1. The van der Waals surface area contributed by atoms with Crippen LogP contribution in [0.2, 0.25) is 0 Å². The Morgan fingerprint density at radius 3 is 2.48 bits per heavy atom. The van der Waals surface area contributed by atoms with Crippen LogP contribution < -0.4 is 20.9 Å². The molecule has 2 fully saturated rings. The second kappa shape index (κ2) is 15.8. The van der Waals surface area contributed by atoms with Crippen molar-refractivity contribution in [2.75, 3.05) is 18.0 Å². The minimum atomic E-state index is -0.930. The molecule has 8 nitrogen and oxygen atoms in total. The zero-order valence-electron chi connectivity index (χ0n) is 25.2. The van der Waals surface area contributed by atoms with Gasteiger partial charge < -0.3 is 26.0 Å². The van der Waals surface area contributed by atoms with Crippen LogP contribution in [0.15, 0.2) is 48.5 Å². The number of hydrogen-bond acceptors (Lipinski definition) is 5. The van der Waals surface area contributed by atoms with E-state index in [1.54, 1.807) is 17.9 Å². The molecule has 4 N–H and O–H groups in total. The molecular weight excluding hydrogens is 528 g/mol. The molecule has 1 heterocycles. The van der Waals surface area contributed by atoms with Gasteiger partial charge in [-0.2, -0.15) is 0 Å². The highest BCUT2D eigenvalue weighted by Crippen LogP contribution is 2.25. The first-order chi connectivity index (χ1) is 20.3. The van der Waals surface area contributed by atoms with E-state index in [0.717, 1.165) is 68.2 Å². The van der Waals surface area contributed by atoms with Crippen molar-refractivity contribution in [2.24, 2.45) is 0 Å². The Morgan fingerprint density at radius 2 is 1.76 bits per heavy atom. The molecule has 1 saturated heterocycles. The van der Waals surface area contributed by atoms with E-state index in [1.165, 1.54) is 6.42 Å². The van der Waals surface area contributed by atoms with Gasteiger partial charge in [0.05, 0.1) is 18.2 Å². The molecule has 0 spiro atoms.